The summed E-state index contributed by atoms with van der Waals surface area (Å²) in [5, 5.41) is 2.96. The summed E-state index contributed by atoms with van der Waals surface area (Å²) < 4.78 is 7.48. The van der Waals surface area contributed by atoms with Crippen LogP contribution in [0, 0.1) is 5.92 Å². The van der Waals surface area contributed by atoms with Gasteiger partial charge in [0.1, 0.15) is 11.2 Å². The molecule has 2 aromatic rings. The average molecular weight is 313 g/mol. The molecule has 0 unspecified atom stereocenters. The molecule has 4 rings (SSSR count). The van der Waals surface area contributed by atoms with Gasteiger partial charge in [0.15, 0.2) is 0 Å². The third-order valence-electron chi connectivity index (χ3n) is 5.03. The number of carbonyl (C=O) groups excluding carboxylic acids is 2. The lowest BCUT2D eigenvalue weighted by atomic mass is 9.85. The molecule has 1 atom stereocenters. The third kappa shape index (κ3) is 2.38. The molecule has 23 heavy (non-hydrogen) atoms. The number of hydrogen-bond acceptors (Lipinski definition) is 4. The number of amides is 1. The van der Waals surface area contributed by atoms with Gasteiger partial charge in [0.25, 0.3) is 0 Å². The molecule has 1 aliphatic heterocycles. The van der Waals surface area contributed by atoms with Crippen molar-refractivity contribution in [2.24, 2.45) is 5.92 Å². The second-order valence-electron chi connectivity index (χ2n) is 6.40. The maximum Gasteiger partial charge on any atom is 0.307 e. The quantitative estimate of drug-likeness (QED) is 0.877. The van der Waals surface area contributed by atoms with Crippen LogP contribution in [0.1, 0.15) is 37.8 Å². The van der Waals surface area contributed by atoms with Gasteiger partial charge in [0.05, 0.1) is 30.8 Å². The Bertz CT molecular complexity index is 761. The fourth-order valence-electron chi connectivity index (χ4n) is 3.86. The van der Waals surface area contributed by atoms with Gasteiger partial charge >= 0.3 is 5.97 Å². The minimum atomic E-state index is -0.555. The van der Waals surface area contributed by atoms with Crippen LogP contribution in [0.25, 0.3) is 5.65 Å². The lowest BCUT2D eigenvalue weighted by Crippen LogP contribution is -2.42. The van der Waals surface area contributed by atoms with Gasteiger partial charge in [0, 0.05) is 6.20 Å². The summed E-state index contributed by atoms with van der Waals surface area (Å²) in [6.07, 6.45) is 7.51. The molecule has 2 aromatic heterocycles. The van der Waals surface area contributed by atoms with Crippen LogP contribution >= 0.6 is 0 Å². The molecule has 1 aliphatic carbocycles. The first-order valence-corrected chi connectivity index (χ1v) is 8.08. The first-order chi connectivity index (χ1) is 11.2. The van der Waals surface area contributed by atoms with E-state index in [1.807, 2.05) is 28.8 Å². The molecule has 1 saturated carbocycles. The number of aromatic nitrogens is 2. The number of nitrogens with zero attached hydrogens (tertiary/aromatic N) is 2. The van der Waals surface area contributed by atoms with Crippen LogP contribution in [0.3, 0.4) is 0 Å². The van der Waals surface area contributed by atoms with Crippen LogP contribution < -0.4 is 5.32 Å². The molecule has 1 N–H and O–H groups in total. The molecule has 6 nitrogen and oxygen atoms in total. The van der Waals surface area contributed by atoms with Crippen LogP contribution in [0.2, 0.25) is 0 Å². The van der Waals surface area contributed by atoms with E-state index in [-0.39, 0.29) is 24.2 Å². The van der Waals surface area contributed by atoms with Crippen molar-refractivity contribution < 1.29 is 14.3 Å². The van der Waals surface area contributed by atoms with Gasteiger partial charge in [0.2, 0.25) is 5.91 Å². The van der Waals surface area contributed by atoms with Crippen molar-refractivity contribution in [1.29, 1.82) is 0 Å². The normalized spacial score (nSPS) is 22.6. The van der Waals surface area contributed by atoms with Gasteiger partial charge < -0.3 is 14.5 Å². The molecule has 0 aromatic carbocycles. The highest BCUT2D eigenvalue weighted by molar-refractivity contribution is 5.87. The van der Waals surface area contributed by atoms with E-state index < -0.39 is 5.60 Å². The number of imidazole rings is 1. The molecule has 0 bridgehead atoms. The zero-order chi connectivity index (χ0) is 15.9. The number of pyridine rings is 1. The molecule has 1 saturated heterocycles. The fraction of sp³-hybridized carbons (Fsp3) is 0.471. The van der Waals surface area contributed by atoms with Gasteiger partial charge in [-0.25, -0.2) is 4.98 Å². The van der Waals surface area contributed by atoms with E-state index in [1.54, 1.807) is 6.20 Å². The average Bonchev–Trinajstić information content (AvgIpc) is 3.25. The number of fused-ring (bicyclic) bond motifs is 1. The highest BCUT2D eigenvalue weighted by Gasteiger charge is 2.53. The molecule has 3 heterocycles. The standard InChI is InChI=1S/C17H19N3O3/c21-15-9-13(17(23-15)6-2-3-7-17)16(22)19-11-12-10-18-14-5-1-4-8-20(12)14/h1,4-5,8,10,13H,2-3,6-7,9,11H2,(H,19,22)/t13-/m0/s1. The summed E-state index contributed by atoms with van der Waals surface area (Å²) >= 11 is 0. The SMILES string of the molecule is O=C1C[C@@H](C(=O)NCc2cnc3ccccn23)C2(CCCC2)O1. The summed E-state index contributed by atoms with van der Waals surface area (Å²) in [5.41, 5.74) is 1.21. The van der Waals surface area contributed by atoms with Crippen LogP contribution in [0.15, 0.2) is 30.6 Å². The van der Waals surface area contributed by atoms with Crippen molar-refractivity contribution in [3.8, 4) is 0 Å². The summed E-state index contributed by atoms with van der Waals surface area (Å²) in [4.78, 5) is 28.6. The van der Waals surface area contributed by atoms with Crippen molar-refractivity contribution in [1.82, 2.24) is 14.7 Å². The zero-order valence-corrected chi connectivity index (χ0v) is 12.8. The molecular weight excluding hydrogens is 294 g/mol. The topological polar surface area (TPSA) is 72.7 Å². The van der Waals surface area contributed by atoms with Crippen LogP contribution in [0.4, 0.5) is 0 Å². The number of rotatable bonds is 3. The maximum atomic E-state index is 12.6. The molecule has 6 heteroatoms. The Hall–Kier alpha value is -2.37. The Kier molecular flexibility index (Phi) is 3.32. The molecule has 0 radical (unpaired) electrons. The Balaban J connectivity index is 1.48. The second kappa shape index (κ2) is 5.37. The number of nitrogens with one attached hydrogen (secondary N) is 1. The van der Waals surface area contributed by atoms with E-state index in [2.05, 4.69) is 10.3 Å². The lowest BCUT2D eigenvalue weighted by Gasteiger charge is -2.27. The minimum absolute atomic E-state index is 0.0939. The van der Waals surface area contributed by atoms with Crippen LogP contribution in [0.5, 0.6) is 0 Å². The van der Waals surface area contributed by atoms with E-state index in [1.165, 1.54) is 0 Å². The summed E-state index contributed by atoms with van der Waals surface area (Å²) in [5.74, 6) is -0.706. The molecular formula is C17H19N3O3. The van der Waals surface area contributed by atoms with Crippen LogP contribution in [-0.2, 0) is 20.9 Å². The van der Waals surface area contributed by atoms with E-state index in [0.29, 0.717) is 6.54 Å². The minimum Gasteiger partial charge on any atom is -0.458 e. The highest BCUT2D eigenvalue weighted by atomic mass is 16.6. The summed E-state index contributed by atoms with van der Waals surface area (Å²) in [7, 11) is 0. The Morgan fingerprint density at radius 3 is 3.04 bits per heavy atom. The first-order valence-electron chi connectivity index (χ1n) is 8.08. The number of esters is 1. The predicted molar refractivity (Wildman–Crippen MR) is 82.4 cm³/mol. The second-order valence-corrected chi connectivity index (χ2v) is 6.40. The monoisotopic (exact) mass is 313 g/mol. The Morgan fingerprint density at radius 2 is 2.22 bits per heavy atom. The first kappa shape index (κ1) is 14.2. The highest BCUT2D eigenvalue weighted by Crippen LogP contribution is 2.45. The van der Waals surface area contributed by atoms with Gasteiger partial charge in [-0.3, -0.25) is 9.59 Å². The van der Waals surface area contributed by atoms with Gasteiger partial charge in [-0.15, -0.1) is 0 Å². The molecule has 2 fully saturated rings. The van der Waals surface area contributed by atoms with E-state index >= 15 is 0 Å². The lowest BCUT2D eigenvalue weighted by molar-refractivity contribution is -0.149. The molecule has 120 valence electrons. The zero-order valence-electron chi connectivity index (χ0n) is 12.8. The third-order valence-corrected chi connectivity index (χ3v) is 5.03. The van der Waals surface area contributed by atoms with Crippen LogP contribution in [-0.4, -0.2) is 26.9 Å². The predicted octanol–water partition coefficient (Wildman–Crippen LogP) is 1.83. The molecule has 2 aliphatic rings. The van der Waals surface area contributed by atoms with Gasteiger partial charge in [-0.05, 0) is 37.8 Å². The number of carbonyl (C=O) groups is 2. The van der Waals surface area contributed by atoms with E-state index in [4.69, 9.17) is 4.74 Å². The Labute approximate surface area is 133 Å². The number of hydrogen-bond donors (Lipinski definition) is 1. The maximum absolute atomic E-state index is 12.6. The largest absolute Gasteiger partial charge is 0.458 e. The van der Waals surface area contributed by atoms with Crippen molar-refractivity contribution in [2.75, 3.05) is 0 Å². The van der Waals surface area contributed by atoms with Gasteiger partial charge in [-0.1, -0.05) is 6.07 Å². The fourth-order valence-corrected chi connectivity index (χ4v) is 3.86. The Morgan fingerprint density at radius 1 is 1.39 bits per heavy atom. The van der Waals surface area contributed by atoms with E-state index in [9.17, 15) is 9.59 Å². The van der Waals surface area contributed by atoms with Crippen molar-refractivity contribution in [3.63, 3.8) is 0 Å². The summed E-state index contributed by atoms with van der Waals surface area (Å²) in [6.45, 7) is 0.394. The smallest absolute Gasteiger partial charge is 0.307 e. The molecule has 1 amide bonds. The van der Waals surface area contributed by atoms with Gasteiger partial charge in [-0.2, -0.15) is 0 Å². The van der Waals surface area contributed by atoms with Crippen molar-refractivity contribution >= 4 is 17.5 Å². The summed E-state index contributed by atoms with van der Waals surface area (Å²) in [6, 6.07) is 5.77. The van der Waals surface area contributed by atoms with E-state index in [0.717, 1.165) is 37.0 Å². The molecule has 1 spiro atoms. The van der Waals surface area contributed by atoms with Crippen molar-refractivity contribution in [2.45, 2.75) is 44.2 Å². The number of ether oxygens (including phenoxy) is 1. The van der Waals surface area contributed by atoms with Crippen molar-refractivity contribution in [3.05, 3.63) is 36.3 Å².